The summed E-state index contributed by atoms with van der Waals surface area (Å²) in [6.45, 7) is 3.09. The predicted molar refractivity (Wildman–Crippen MR) is 123 cm³/mol. The number of thiazole rings is 1. The summed E-state index contributed by atoms with van der Waals surface area (Å²) in [5.74, 6) is 0.176. The normalized spacial score (nSPS) is 10.9. The van der Waals surface area contributed by atoms with Gasteiger partial charge in [0.05, 0.1) is 23.4 Å². The minimum atomic E-state index is -0.319. The summed E-state index contributed by atoms with van der Waals surface area (Å²) in [6.07, 6.45) is 2.00. The van der Waals surface area contributed by atoms with Crippen LogP contribution in [0.2, 0.25) is 0 Å². The van der Waals surface area contributed by atoms with E-state index in [2.05, 4.69) is 11.9 Å². The second-order valence-electron chi connectivity index (χ2n) is 7.22. The highest BCUT2D eigenvalue weighted by atomic mass is 32.1. The Morgan fingerprint density at radius 3 is 2.71 bits per heavy atom. The molecular formula is C25H23FN2O2S. The van der Waals surface area contributed by atoms with Gasteiger partial charge in [-0.2, -0.15) is 0 Å². The van der Waals surface area contributed by atoms with Crippen molar-refractivity contribution >= 4 is 32.6 Å². The lowest BCUT2D eigenvalue weighted by molar-refractivity contribution is 0.0984. The number of hydrogen-bond acceptors (Lipinski definition) is 4. The average Bonchev–Trinajstić information content (AvgIpc) is 3.21. The summed E-state index contributed by atoms with van der Waals surface area (Å²) < 4.78 is 20.2. The van der Waals surface area contributed by atoms with E-state index in [0.29, 0.717) is 39.8 Å². The van der Waals surface area contributed by atoms with E-state index in [1.807, 2.05) is 42.5 Å². The van der Waals surface area contributed by atoms with E-state index >= 15 is 0 Å². The van der Waals surface area contributed by atoms with Crippen LogP contribution in [-0.2, 0) is 6.54 Å². The van der Waals surface area contributed by atoms with Crippen LogP contribution in [0.25, 0.3) is 10.2 Å². The zero-order chi connectivity index (χ0) is 21.6. The molecule has 0 unspecified atom stereocenters. The summed E-state index contributed by atoms with van der Waals surface area (Å²) in [5, 5.41) is 0.534. The number of unbranched alkanes of at least 4 members (excludes halogenated alkanes) is 1. The number of benzene rings is 3. The van der Waals surface area contributed by atoms with Crippen LogP contribution in [0, 0.1) is 5.82 Å². The molecule has 0 radical (unpaired) electrons. The summed E-state index contributed by atoms with van der Waals surface area (Å²) in [4.78, 5) is 19.8. The predicted octanol–water partition coefficient (Wildman–Crippen LogP) is 6.46. The summed E-state index contributed by atoms with van der Waals surface area (Å²) in [5.41, 5.74) is 2.18. The molecule has 0 bridgehead atoms. The molecule has 0 aliphatic carbocycles. The molecule has 0 saturated heterocycles. The monoisotopic (exact) mass is 434 g/mol. The summed E-state index contributed by atoms with van der Waals surface area (Å²) >= 11 is 1.31. The molecule has 0 aliphatic rings. The van der Waals surface area contributed by atoms with Gasteiger partial charge in [-0.3, -0.25) is 9.69 Å². The van der Waals surface area contributed by atoms with E-state index in [4.69, 9.17) is 4.74 Å². The van der Waals surface area contributed by atoms with E-state index in [-0.39, 0.29) is 11.7 Å². The Morgan fingerprint density at radius 1 is 1.06 bits per heavy atom. The maximum Gasteiger partial charge on any atom is 0.260 e. The van der Waals surface area contributed by atoms with Crippen LogP contribution in [0.15, 0.2) is 72.8 Å². The van der Waals surface area contributed by atoms with Gasteiger partial charge in [0, 0.05) is 5.56 Å². The van der Waals surface area contributed by atoms with Crippen LogP contribution in [-0.4, -0.2) is 17.5 Å². The van der Waals surface area contributed by atoms with Crippen LogP contribution in [0.3, 0.4) is 0 Å². The third kappa shape index (κ3) is 5.09. The number of aromatic nitrogens is 1. The second kappa shape index (κ2) is 9.71. The zero-order valence-corrected chi connectivity index (χ0v) is 18.1. The molecule has 0 aliphatic heterocycles. The van der Waals surface area contributed by atoms with E-state index < -0.39 is 0 Å². The molecular weight excluding hydrogens is 411 g/mol. The lowest BCUT2D eigenvalue weighted by Gasteiger charge is -2.20. The van der Waals surface area contributed by atoms with Crippen molar-refractivity contribution in [3.63, 3.8) is 0 Å². The van der Waals surface area contributed by atoms with Gasteiger partial charge in [-0.15, -0.1) is 0 Å². The van der Waals surface area contributed by atoms with Crippen molar-refractivity contribution in [2.24, 2.45) is 0 Å². The number of ether oxygens (including phenoxy) is 1. The van der Waals surface area contributed by atoms with Gasteiger partial charge in [0.15, 0.2) is 5.13 Å². The molecule has 31 heavy (non-hydrogen) atoms. The molecule has 0 spiro atoms. The van der Waals surface area contributed by atoms with Crippen molar-refractivity contribution < 1.29 is 13.9 Å². The smallest absolute Gasteiger partial charge is 0.260 e. The van der Waals surface area contributed by atoms with Gasteiger partial charge in [-0.25, -0.2) is 9.37 Å². The molecule has 0 saturated carbocycles. The molecule has 6 heteroatoms. The van der Waals surface area contributed by atoms with Gasteiger partial charge >= 0.3 is 0 Å². The van der Waals surface area contributed by atoms with Crippen molar-refractivity contribution in [1.29, 1.82) is 0 Å². The number of fused-ring (bicyclic) bond motifs is 1. The number of carbonyl (C=O) groups is 1. The van der Waals surface area contributed by atoms with E-state index in [9.17, 15) is 9.18 Å². The lowest BCUT2D eigenvalue weighted by atomic mass is 10.1. The molecule has 0 fully saturated rings. The fraction of sp³-hybridized carbons (Fsp3) is 0.200. The number of carbonyl (C=O) groups excluding carboxylic acids is 1. The summed E-state index contributed by atoms with van der Waals surface area (Å²) in [7, 11) is 0. The maximum atomic E-state index is 13.7. The molecule has 0 atom stereocenters. The largest absolute Gasteiger partial charge is 0.494 e. The van der Waals surface area contributed by atoms with Crippen molar-refractivity contribution in [2.75, 3.05) is 11.5 Å². The minimum absolute atomic E-state index is 0.177. The SMILES string of the molecule is CCCCOc1cccc(C(=O)N(Cc2ccccc2)c2nc3ccc(F)cc3s2)c1. The number of halogens is 1. The molecule has 1 heterocycles. The van der Waals surface area contributed by atoms with Crippen LogP contribution in [0.1, 0.15) is 35.7 Å². The molecule has 0 N–H and O–H groups in total. The molecule has 4 rings (SSSR count). The van der Waals surface area contributed by atoms with Crippen molar-refractivity contribution in [3.8, 4) is 5.75 Å². The van der Waals surface area contributed by atoms with Crippen LogP contribution >= 0.6 is 11.3 Å². The number of anilines is 1. The fourth-order valence-corrected chi connectivity index (χ4v) is 4.19. The van der Waals surface area contributed by atoms with Crippen molar-refractivity contribution in [2.45, 2.75) is 26.3 Å². The number of amides is 1. The quantitative estimate of drug-likeness (QED) is 0.299. The first-order valence-electron chi connectivity index (χ1n) is 10.3. The Labute approximate surface area is 184 Å². The molecule has 158 valence electrons. The zero-order valence-electron chi connectivity index (χ0n) is 17.3. The van der Waals surface area contributed by atoms with Gasteiger partial charge in [-0.05, 0) is 48.4 Å². The van der Waals surface area contributed by atoms with E-state index in [1.165, 1.54) is 23.5 Å². The van der Waals surface area contributed by atoms with Gasteiger partial charge in [0.1, 0.15) is 11.6 Å². The number of hydrogen-bond donors (Lipinski definition) is 0. The first kappa shape index (κ1) is 21.0. The first-order valence-corrected chi connectivity index (χ1v) is 11.1. The van der Waals surface area contributed by atoms with E-state index in [1.54, 1.807) is 23.1 Å². The standard InChI is InChI=1S/C25H23FN2O2S/c1-2-3-14-30-21-11-7-10-19(15-21)24(29)28(17-18-8-5-4-6-9-18)25-27-22-13-12-20(26)16-23(22)31-25/h4-13,15-16H,2-3,14,17H2,1H3. The average molecular weight is 435 g/mol. The highest BCUT2D eigenvalue weighted by molar-refractivity contribution is 7.22. The van der Waals surface area contributed by atoms with Crippen LogP contribution in [0.4, 0.5) is 9.52 Å². The fourth-order valence-electron chi connectivity index (χ4n) is 3.20. The first-order chi connectivity index (χ1) is 15.1. The van der Waals surface area contributed by atoms with Gasteiger partial charge < -0.3 is 4.74 Å². The minimum Gasteiger partial charge on any atom is -0.494 e. The molecule has 1 aromatic heterocycles. The van der Waals surface area contributed by atoms with Gasteiger partial charge in [0.25, 0.3) is 5.91 Å². The van der Waals surface area contributed by atoms with Crippen LogP contribution in [0.5, 0.6) is 5.75 Å². The maximum absolute atomic E-state index is 13.7. The highest BCUT2D eigenvalue weighted by Crippen LogP contribution is 2.31. The molecule has 4 aromatic rings. The molecule has 4 nitrogen and oxygen atoms in total. The van der Waals surface area contributed by atoms with Gasteiger partial charge in [0.2, 0.25) is 0 Å². The van der Waals surface area contributed by atoms with E-state index in [0.717, 1.165) is 18.4 Å². The van der Waals surface area contributed by atoms with Crippen molar-refractivity contribution in [1.82, 2.24) is 4.98 Å². The van der Waals surface area contributed by atoms with Gasteiger partial charge in [-0.1, -0.05) is 61.1 Å². The Bertz CT molecular complexity index is 1180. The topological polar surface area (TPSA) is 42.4 Å². The Morgan fingerprint density at radius 2 is 1.90 bits per heavy atom. The Hall–Kier alpha value is -3.25. The Balaban J connectivity index is 1.68. The Kier molecular flexibility index (Phi) is 6.57. The third-order valence-electron chi connectivity index (χ3n) is 4.85. The number of nitrogens with zero attached hydrogens (tertiary/aromatic N) is 2. The lowest BCUT2D eigenvalue weighted by Crippen LogP contribution is -2.30. The highest BCUT2D eigenvalue weighted by Gasteiger charge is 2.22. The molecule has 1 amide bonds. The van der Waals surface area contributed by atoms with Crippen molar-refractivity contribution in [3.05, 3.63) is 89.7 Å². The number of rotatable bonds is 8. The molecule has 3 aromatic carbocycles. The van der Waals surface area contributed by atoms with Crippen LogP contribution < -0.4 is 9.64 Å². The third-order valence-corrected chi connectivity index (χ3v) is 5.89. The summed E-state index contributed by atoms with van der Waals surface area (Å²) in [6, 6.07) is 21.4. The second-order valence-corrected chi connectivity index (χ2v) is 8.22.